The van der Waals surface area contributed by atoms with Gasteiger partial charge in [-0.25, -0.2) is 9.67 Å². The first kappa shape index (κ1) is 28.0. The van der Waals surface area contributed by atoms with Crippen molar-refractivity contribution in [1.29, 1.82) is 0 Å². The van der Waals surface area contributed by atoms with Crippen LogP contribution in [0.2, 0.25) is 0 Å². The van der Waals surface area contributed by atoms with E-state index in [0.29, 0.717) is 12.1 Å². The fourth-order valence-electron chi connectivity index (χ4n) is 3.48. The van der Waals surface area contributed by atoms with Crippen LogP contribution in [0.5, 0.6) is 5.75 Å². The van der Waals surface area contributed by atoms with Crippen molar-refractivity contribution < 1.29 is 17.9 Å². The van der Waals surface area contributed by atoms with Gasteiger partial charge in [-0.1, -0.05) is 6.07 Å². The van der Waals surface area contributed by atoms with Gasteiger partial charge in [-0.2, -0.15) is 18.3 Å². The van der Waals surface area contributed by atoms with Crippen LogP contribution in [0.1, 0.15) is 31.7 Å². The Morgan fingerprint density at radius 1 is 0.971 bits per heavy atom. The Morgan fingerprint density at radius 2 is 1.76 bits per heavy atom. The molecular weight excluding hydrogens is 508 g/mol. The van der Waals surface area contributed by atoms with E-state index in [-0.39, 0.29) is 24.8 Å². The van der Waals surface area contributed by atoms with Crippen molar-refractivity contribution in [2.24, 2.45) is 0 Å². The molecule has 184 valence electrons. The number of halogens is 5. The van der Waals surface area contributed by atoms with Crippen molar-refractivity contribution in [3.05, 3.63) is 54.5 Å². The molecule has 4 rings (SSSR count). The lowest BCUT2D eigenvalue weighted by atomic mass is 10.1. The van der Waals surface area contributed by atoms with Gasteiger partial charge in [-0.15, -0.1) is 36.6 Å². The summed E-state index contributed by atoms with van der Waals surface area (Å²) in [4.78, 5) is 9.42. The second-order valence-corrected chi connectivity index (χ2v) is 8.44. The largest absolute Gasteiger partial charge is 0.493 e. The standard InChI is InChI=1S/C23H23F3N4OS.2ClH/c1-2-30-22-18(15-29-30)20(8-10-28-22)31-12-4-3-5-13-32-21-9-11-27-19-14-16(23(24,25)26)6-7-17(19)21;;/h6-11,14-15H,2-5,12-13H2,1H3;2*1H. The summed E-state index contributed by atoms with van der Waals surface area (Å²) < 4.78 is 46.5. The second-order valence-electron chi connectivity index (χ2n) is 7.30. The topological polar surface area (TPSA) is 52.8 Å². The lowest BCUT2D eigenvalue weighted by molar-refractivity contribution is -0.137. The van der Waals surface area contributed by atoms with Gasteiger partial charge in [0.1, 0.15) is 5.75 Å². The van der Waals surface area contributed by atoms with Crippen LogP contribution in [0.25, 0.3) is 21.9 Å². The first-order chi connectivity index (χ1) is 15.5. The molecule has 0 aliphatic heterocycles. The average Bonchev–Trinajstić information content (AvgIpc) is 3.21. The minimum absolute atomic E-state index is 0. The summed E-state index contributed by atoms with van der Waals surface area (Å²) in [5.41, 5.74) is 0.523. The molecule has 0 spiro atoms. The first-order valence-electron chi connectivity index (χ1n) is 10.5. The quantitative estimate of drug-likeness (QED) is 0.168. The van der Waals surface area contributed by atoms with Gasteiger partial charge in [0, 0.05) is 29.2 Å². The number of thioether (sulfide) groups is 1. The number of rotatable bonds is 9. The molecule has 11 heteroatoms. The van der Waals surface area contributed by atoms with Crippen LogP contribution < -0.4 is 4.74 Å². The number of nitrogens with zero attached hydrogens (tertiary/aromatic N) is 4. The number of hydrogen-bond donors (Lipinski definition) is 0. The molecule has 34 heavy (non-hydrogen) atoms. The van der Waals surface area contributed by atoms with Gasteiger partial charge in [0.2, 0.25) is 0 Å². The van der Waals surface area contributed by atoms with E-state index < -0.39 is 11.7 Å². The highest BCUT2D eigenvalue weighted by Crippen LogP contribution is 2.34. The number of fused-ring (bicyclic) bond motifs is 2. The van der Waals surface area contributed by atoms with Gasteiger partial charge in [0.15, 0.2) is 5.65 Å². The number of unbranched alkanes of at least 4 members (excludes halogenated alkanes) is 2. The molecule has 0 aliphatic carbocycles. The molecule has 0 saturated heterocycles. The van der Waals surface area contributed by atoms with Crippen LogP contribution in [0.15, 0.2) is 53.8 Å². The molecule has 0 bridgehead atoms. The molecular formula is C23H25Cl2F3N4OS. The van der Waals surface area contributed by atoms with Gasteiger partial charge in [0.05, 0.1) is 29.3 Å². The Hall–Kier alpha value is -2.23. The fraction of sp³-hybridized carbons (Fsp3) is 0.348. The number of pyridine rings is 2. The molecule has 0 radical (unpaired) electrons. The molecule has 3 heterocycles. The lowest BCUT2D eigenvalue weighted by Crippen LogP contribution is -2.04. The third-order valence-electron chi connectivity index (χ3n) is 5.13. The molecule has 4 aromatic rings. The molecule has 0 unspecified atom stereocenters. The number of aromatic nitrogens is 4. The van der Waals surface area contributed by atoms with Crippen molar-refractivity contribution >= 4 is 58.5 Å². The van der Waals surface area contributed by atoms with E-state index in [1.165, 1.54) is 6.07 Å². The monoisotopic (exact) mass is 532 g/mol. The number of hydrogen-bond acceptors (Lipinski definition) is 5. The SMILES string of the molecule is CCn1ncc2c(OCCCCCSc3ccnc4cc(C(F)(F)F)ccc34)ccnc21.Cl.Cl. The molecule has 0 aliphatic rings. The summed E-state index contributed by atoms with van der Waals surface area (Å²) in [6, 6.07) is 7.45. The van der Waals surface area contributed by atoms with E-state index in [1.54, 1.807) is 30.4 Å². The van der Waals surface area contributed by atoms with Crippen LogP contribution in [0, 0.1) is 0 Å². The smallest absolute Gasteiger partial charge is 0.416 e. The number of ether oxygens (including phenoxy) is 1. The normalized spacial score (nSPS) is 11.3. The maximum atomic E-state index is 12.9. The fourth-order valence-corrected chi connectivity index (χ4v) is 4.53. The Labute approximate surface area is 212 Å². The minimum Gasteiger partial charge on any atom is -0.493 e. The Morgan fingerprint density at radius 3 is 2.53 bits per heavy atom. The van der Waals surface area contributed by atoms with E-state index in [4.69, 9.17) is 4.74 Å². The van der Waals surface area contributed by atoms with E-state index in [2.05, 4.69) is 15.1 Å². The summed E-state index contributed by atoms with van der Waals surface area (Å²) in [5, 5.41) is 5.99. The summed E-state index contributed by atoms with van der Waals surface area (Å²) in [6.07, 6.45) is 3.62. The highest BCUT2D eigenvalue weighted by atomic mass is 35.5. The Bertz CT molecular complexity index is 1220. The molecule has 0 fully saturated rings. The third kappa shape index (κ3) is 6.46. The van der Waals surface area contributed by atoms with Crippen molar-refractivity contribution in [3.8, 4) is 5.75 Å². The number of alkyl halides is 3. The predicted molar refractivity (Wildman–Crippen MR) is 135 cm³/mol. The minimum atomic E-state index is -4.36. The summed E-state index contributed by atoms with van der Waals surface area (Å²) in [7, 11) is 0. The van der Waals surface area contributed by atoms with Crippen LogP contribution in [0.3, 0.4) is 0 Å². The highest BCUT2D eigenvalue weighted by molar-refractivity contribution is 7.99. The maximum Gasteiger partial charge on any atom is 0.416 e. The highest BCUT2D eigenvalue weighted by Gasteiger charge is 2.30. The van der Waals surface area contributed by atoms with Crippen molar-refractivity contribution in [2.75, 3.05) is 12.4 Å². The first-order valence-corrected chi connectivity index (χ1v) is 11.5. The van der Waals surface area contributed by atoms with Gasteiger partial charge < -0.3 is 4.74 Å². The van der Waals surface area contributed by atoms with Crippen LogP contribution in [0.4, 0.5) is 13.2 Å². The number of aryl methyl sites for hydroxylation is 1. The van der Waals surface area contributed by atoms with Crippen molar-refractivity contribution in [2.45, 2.75) is 43.8 Å². The van der Waals surface area contributed by atoms with Crippen molar-refractivity contribution in [3.63, 3.8) is 0 Å². The van der Waals surface area contributed by atoms with E-state index in [9.17, 15) is 13.2 Å². The zero-order valence-electron chi connectivity index (χ0n) is 18.4. The van der Waals surface area contributed by atoms with Crippen molar-refractivity contribution in [1.82, 2.24) is 19.7 Å². The lowest BCUT2D eigenvalue weighted by Gasteiger charge is -2.10. The molecule has 3 aromatic heterocycles. The zero-order chi connectivity index (χ0) is 22.6. The predicted octanol–water partition coefficient (Wildman–Crippen LogP) is 7.20. The third-order valence-corrected chi connectivity index (χ3v) is 6.29. The van der Waals surface area contributed by atoms with Crippen LogP contribution >= 0.6 is 36.6 Å². The molecule has 0 atom stereocenters. The van der Waals surface area contributed by atoms with E-state index in [1.807, 2.05) is 23.7 Å². The Kier molecular flexibility index (Phi) is 10.3. The molecule has 0 N–H and O–H groups in total. The maximum absolute atomic E-state index is 12.9. The summed E-state index contributed by atoms with van der Waals surface area (Å²) in [6.45, 7) is 3.39. The van der Waals surface area contributed by atoms with Crippen LogP contribution in [-0.2, 0) is 12.7 Å². The Balaban J connectivity index is 0.00000204. The molecule has 5 nitrogen and oxygen atoms in total. The average molecular weight is 533 g/mol. The van der Waals surface area contributed by atoms with Gasteiger partial charge in [-0.05, 0) is 56.2 Å². The van der Waals surface area contributed by atoms with Crippen LogP contribution in [-0.4, -0.2) is 32.1 Å². The second kappa shape index (κ2) is 12.5. The zero-order valence-corrected chi connectivity index (χ0v) is 20.9. The molecule has 0 saturated carbocycles. The van der Waals surface area contributed by atoms with Gasteiger partial charge in [-0.3, -0.25) is 4.98 Å². The number of benzene rings is 1. The van der Waals surface area contributed by atoms with E-state index in [0.717, 1.165) is 70.8 Å². The molecule has 0 amide bonds. The summed E-state index contributed by atoms with van der Waals surface area (Å²) >= 11 is 1.64. The van der Waals surface area contributed by atoms with Gasteiger partial charge >= 0.3 is 6.18 Å². The van der Waals surface area contributed by atoms with E-state index >= 15 is 0 Å². The molecule has 1 aromatic carbocycles. The summed E-state index contributed by atoms with van der Waals surface area (Å²) in [5.74, 6) is 1.67. The van der Waals surface area contributed by atoms with Gasteiger partial charge in [0.25, 0.3) is 0 Å².